The van der Waals surface area contributed by atoms with Crippen molar-refractivity contribution in [1.29, 1.82) is 0 Å². The summed E-state index contributed by atoms with van der Waals surface area (Å²) in [7, 11) is 0. The van der Waals surface area contributed by atoms with Crippen LogP contribution in [0.2, 0.25) is 0 Å². The van der Waals surface area contributed by atoms with Crippen molar-refractivity contribution >= 4 is 5.69 Å². The highest BCUT2D eigenvalue weighted by atomic mass is 16.5. The molecule has 21 heavy (non-hydrogen) atoms. The number of aromatic nitrogens is 1. The highest BCUT2D eigenvalue weighted by molar-refractivity contribution is 5.44. The molecule has 1 N–H and O–H groups in total. The summed E-state index contributed by atoms with van der Waals surface area (Å²) >= 11 is 0. The van der Waals surface area contributed by atoms with Crippen LogP contribution in [-0.2, 0) is 4.74 Å². The quantitative estimate of drug-likeness (QED) is 0.904. The fraction of sp³-hybridized carbons (Fsp3) is 0.706. The van der Waals surface area contributed by atoms with E-state index in [9.17, 15) is 0 Å². The maximum absolute atomic E-state index is 5.79. The Hall–Kier alpha value is -1.13. The van der Waals surface area contributed by atoms with Gasteiger partial charge in [-0.25, -0.2) is 0 Å². The van der Waals surface area contributed by atoms with Gasteiger partial charge in [-0.15, -0.1) is 0 Å². The van der Waals surface area contributed by atoms with Gasteiger partial charge in [0, 0.05) is 43.8 Å². The Labute approximate surface area is 127 Å². The number of nitrogens with zero attached hydrogens (tertiary/aromatic N) is 2. The van der Waals surface area contributed by atoms with Crippen LogP contribution < -0.4 is 10.2 Å². The third-order valence-electron chi connectivity index (χ3n) is 4.70. The molecule has 3 rings (SSSR count). The van der Waals surface area contributed by atoms with E-state index < -0.39 is 0 Å². The minimum absolute atomic E-state index is 0.503. The number of hydrogen-bond donors (Lipinski definition) is 1. The van der Waals surface area contributed by atoms with Crippen LogP contribution in [0, 0.1) is 0 Å². The minimum Gasteiger partial charge on any atom is -0.378 e. The average Bonchev–Trinajstić information content (AvgIpc) is 2.57. The van der Waals surface area contributed by atoms with Crippen LogP contribution in [0.5, 0.6) is 0 Å². The van der Waals surface area contributed by atoms with E-state index in [2.05, 4.69) is 27.3 Å². The lowest BCUT2D eigenvalue weighted by Gasteiger charge is -2.34. The zero-order chi connectivity index (χ0) is 14.3. The van der Waals surface area contributed by atoms with Gasteiger partial charge < -0.3 is 15.0 Å². The lowest BCUT2D eigenvalue weighted by atomic mass is 10.0. The number of anilines is 1. The minimum atomic E-state index is 0.503. The van der Waals surface area contributed by atoms with Gasteiger partial charge in [-0.2, -0.15) is 0 Å². The Morgan fingerprint density at radius 2 is 1.95 bits per heavy atom. The molecule has 1 aromatic heterocycles. The molecule has 0 amide bonds. The van der Waals surface area contributed by atoms with E-state index in [4.69, 9.17) is 4.74 Å². The third-order valence-corrected chi connectivity index (χ3v) is 4.70. The van der Waals surface area contributed by atoms with E-state index in [1.165, 1.54) is 44.2 Å². The molecule has 2 fully saturated rings. The van der Waals surface area contributed by atoms with E-state index in [0.29, 0.717) is 12.1 Å². The SMILES string of the molecule is c1cc(N2CCC(NCCC3CCCCO3)CC2)ccn1. The Bertz CT molecular complexity index is 398. The number of piperidine rings is 1. The molecule has 0 aliphatic carbocycles. The molecule has 0 spiro atoms. The first-order chi connectivity index (χ1) is 10.4. The lowest BCUT2D eigenvalue weighted by molar-refractivity contribution is 0.0111. The topological polar surface area (TPSA) is 37.4 Å². The summed E-state index contributed by atoms with van der Waals surface area (Å²) in [5.74, 6) is 0. The van der Waals surface area contributed by atoms with Gasteiger partial charge in [0.15, 0.2) is 0 Å². The first kappa shape index (κ1) is 14.8. The molecule has 116 valence electrons. The van der Waals surface area contributed by atoms with Crippen LogP contribution in [0.1, 0.15) is 38.5 Å². The van der Waals surface area contributed by atoms with E-state index >= 15 is 0 Å². The molecule has 0 saturated carbocycles. The average molecular weight is 289 g/mol. The summed E-state index contributed by atoms with van der Waals surface area (Å²) in [6.45, 7) is 4.35. The van der Waals surface area contributed by atoms with Crippen LogP contribution >= 0.6 is 0 Å². The van der Waals surface area contributed by atoms with Crippen molar-refractivity contribution in [3.05, 3.63) is 24.5 Å². The van der Waals surface area contributed by atoms with E-state index in [0.717, 1.165) is 26.2 Å². The molecule has 0 bridgehead atoms. The molecule has 1 aromatic rings. The summed E-state index contributed by atoms with van der Waals surface area (Å²) < 4.78 is 5.79. The second-order valence-electron chi connectivity index (χ2n) is 6.20. The normalized spacial score (nSPS) is 24.2. The van der Waals surface area contributed by atoms with Crippen LogP contribution in [0.3, 0.4) is 0 Å². The van der Waals surface area contributed by atoms with Gasteiger partial charge in [0.2, 0.25) is 0 Å². The van der Waals surface area contributed by atoms with Crippen LogP contribution in [0.15, 0.2) is 24.5 Å². The van der Waals surface area contributed by atoms with Crippen molar-refractivity contribution in [2.75, 3.05) is 31.1 Å². The van der Waals surface area contributed by atoms with Crippen LogP contribution in [0.4, 0.5) is 5.69 Å². The van der Waals surface area contributed by atoms with Crippen LogP contribution in [0.25, 0.3) is 0 Å². The molecule has 0 radical (unpaired) electrons. The molecule has 0 aromatic carbocycles. The summed E-state index contributed by atoms with van der Waals surface area (Å²) in [5, 5.41) is 3.72. The smallest absolute Gasteiger partial charge is 0.0587 e. The van der Waals surface area contributed by atoms with Crippen molar-refractivity contribution in [2.24, 2.45) is 0 Å². The fourth-order valence-electron chi connectivity index (χ4n) is 3.38. The summed E-state index contributed by atoms with van der Waals surface area (Å²) in [6.07, 6.45) is 11.7. The fourth-order valence-corrected chi connectivity index (χ4v) is 3.38. The zero-order valence-corrected chi connectivity index (χ0v) is 12.8. The molecular weight excluding hydrogens is 262 g/mol. The molecule has 1 unspecified atom stereocenters. The summed E-state index contributed by atoms with van der Waals surface area (Å²) in [4.78, 5) is 6.55. The Morgan fingerprint density at radius 3 is 2.67 bits per heavy atom. The molecule has 2 saturated heterocycles. The second kappa shape index (κ2) is 7.76. The van der Waals surface area contributed by atoms with E-state index in [-0.39, 0.29) is 0 Å². The number of pyridine rings is 1. The second-order valence-corrected chi connectivity index (χ2v) is 6.20. The highest BCUT2D eigenvalue weighted by Crippen LogP contribution is 2.19. The Morgan fingerprint density at radius 1 is 1.14 bits per heavy atom. The van der Waals surface area contributed by atoms with Gasteiger partial charge in [0.05, 0.1) is 6.10 Å². The van der Waals surface area contributed by atoms with E-state index in [1.54, 1.807) is 0 Å². The largest absolute Gasteiger partial charge is 0.378 e. The Balaban J connectivity index is 1.34. The summed E-state index contributed by atoms with van der Waals surface area (Å²) in [5.41, 5.74) is 1.30. The maximum atomic E-state index is 5.79. The van der Waals surface area contributed by atoms with Gasteiger partial charge in [-0.3, -0.25) is 4.98 Å². The van der Waals surface area contributed by atoms with Crippen molar-refractivity contribution < 1.29 is 4.74 Å². The molecule has 4 nitrogen and oxygen atoms in total. The van der Waals surface area contributed by atoms with E-state index in [1.807, 2.05) is 12.4 Å². The van der Waals surface area contributed by atoms with Crippen molar-refractivity contribution in [2.45, 2.75) is 50.7 Å². The first-order valence-corrected chi connectivity index (χ1v) is 8.42. The highest BCUT2D eigenvalue weighted by Gasteiger charge is 2.19. The standard InChI is InChI=1S/C17H27N3O/c1-2-14-21-17(3-1)6-11-19-15-7-12-20(13-8-15)16-4-9-18-10-5-16/h4-5,9-10,15,17,19H,1-3,6-8,11-14H2. The van der Waals surface area contributed by atoms with Gasteiger partial charge in [-0.1, -0.05) is 0 Å². The predicted molar refractivity (Wildman–Crippen MR) is 85.7 cm³/mol. The maximum Gasteiger partial charge on any atom is 0.0587 e. The zero-order valence-electron chi connectivity index (χ0n) is 12.8. The molecule has 2 aliphatic heterocycles. The molecule has 2 aliphatic rings. The van der Waals surface area contributed by atoms with Crippen molar-refractivity contribution in [3.8, 4) is 0 Å². The summed E-state index contributed by atoms with van der Waals surface area (Å²) in [6, 6.07) is 4.88. The number of rotatable bonds is 5. The number of ether oxygens (including phenoxy) is 1. The van der Waals surface area contributed by atoms with Gasteiger partial charge in [0.1, 0.15) is 0 Å². The first-order valence-electron chi connectivity index (χ1n) is 8.42. The molecule has 4 heteroatoms. The van der Waals surface area contributed by atoms with Gasteiger partial charge >= 0.3 is 0 Å². The monoisotopic (exact) mass is 289 g/mol. The predicted octanol–water partition coefficient (Wildman–Crippen LogP) is 2.60. The number of nitrogens with one attached hydrogen (secondary N) is 1. The third kappa shape index (κ3) is 4.42. The molecule has 3 heterocycles. The van der Waals surface area contributed by atoms with Gasteiger partial charge in [-0.05, 0) is 57.2 Å². The van der Waals surface area contributed by atoms with Crippen LogP contribution in [-0.4, -0.2) is 43.4 Å². The van der Waals surface area contributed by atoms with Crippen molar-refractivity contribution in [1.82, 2.24) is 10.3 Å². The lowest BCUT2D eigenvalue weighted by Crippen LogP contribution is -2.43. The van der Waals surface area contributed by atoms with Gasteiger partial charge in [0.25, 0.3) is 0 Å². The Kier molecular flexibility index (Phi) is 5.46. The molecular formula is C17H27N3O. The number of hydrogen-bond acceptors (Lipinski definition) is 4. The molecule has 1 atom stereocenters. The van der Waals surface area contributed by atoms with Crippen molar-refractivity contribution in [3.63, 3.8) is 0 Å².